The lowest BCUT2D eigenvalue weighted by atomic mass is 10.0. The highest BCUT2D eigenvalue weighted by Crippen LogP contribution is 2.13. The zero-order valence-electron chi connectivity index (χ0n) is 16.6. The minimum absolute atomic E-state index is 0.00829. The van der Waals surface area contributed by atoms with Gasteiger partial charge in [0, 0.05) is 25.6 Å². The van der Waals surface area contributed by atoms with Crippen LogP contribution in [0.4, 0.5) is 0 Å². The van der Waals surface area contributed by atoms with Crippen LogP contribution >= 0.6 is 0 Å². The number of benzene rings is 1. The molecule has 7 nitrogen and oxygen atoms in total. The second kappa shape index (κ2) is 9.91. The van der Waals surface area contributed by atoms with Crippen molar-refractivity contribution in [3.8, 4) is 0 Å². The van der Waals surface area contributed by atoms with Gasteiger partial charge in [-0.3, -0.25) is 14.4 Å². The van der Waals surface area contributed by atoms with E-state index in [-0.39, 0.29) is 23.8 Å². The van der Waals surface area contributed by atoms with Gasteiger partial charge in [-0.25, -0.2) is 0 Å². The summed E-state index contributed by atoms with van der Waals surface area (Å²) in [4.78, 5) is 38.7. The van der Waals surface area contributed by atoms with Crippen molar-refractivity contribution in [3.63, 3.8) is 0 Å². The van der Waals surface area contributed by atoms with Crippen molar-refractivity contribution in [2.45, 2.75) is 44.7 Å². The molecule has 2 heterocycles. The van der Waals surface area contributed by atoms with Crippen LogP contribution in [0.15, 0.2) is 53.3 Å². The highest BCUT2D eigenvalue weighted by molar-refractivity contribution is 5.97. The fourth-order valence-corrected chi connectivity index (χ4v) is 3.39. The molecule has 7 heteroatoms. The Bertz CT molecular complexity index is 812. The first-order chi connectivity index (χ1) is 14.0. The van der Waals surface area contributed by atoms with Crippen molar-refractivity contribution >= 4 is 17.7 Å². The number of aryl methyl sites for hydroxylation is 1. The van der Waals surface area contributed by atoms with Crippen LogP contribution in [0.25, 0.3) is 0 Å². The molecule has 154 valence electrons. The number of hydrogen-bond acceptors (Lipinski definition) is 4. The van der Waals surface area contributed by atoms with E-state index in [1.54, 1.807) is 13.0 Å². The zero-order valence-corrected chi connectivity index (χ0v) is 16.6. The summed E-state index contributed by atoms with van der Waals surface area (Å²) in [5.74, 6) is -0.421. The van der Waals surface area contributed by atoms with E-state index < -0.39 is 6.04 Å². The largest absolute Gasteiger partial charge is 0.472 e. The molecule has 0 unspecified atom stereocenters. The van der Waals surface area contributed by atoms with Crippen molar-refractivity contribution < 1.29 is 18.8 Å². The van der Waals surface area contributed by atoms with Gasteiger partial charge in [0.15, 0.2) is 0 Å². The lowest BCUT2D eigenvalue weighted by Gasteiger charge is -2.33. The summed E-state index contributed by atoms with van der Waals surface area (Å²) in [6.07, 6.45) is 5.41. The molecule has 3 amide bonds. The van der Waals surface area contributed by atoms with Gasteiger partial charge in [0.1, 0.15) is 12.3 Å². The fourth-order valence-electron chi connectivity index (χ4n) is 3.39. The highest BCUT2D eigenvalue weighted by Gasteiger charge is 2.25. The Kier molecular flexibility index (Phi) is 7.05. The minimum Gasteiger partial charge on any atom is -0.472 e. The Morgan fingerprint density at radius 2 is 1.86 bits per heavy atom. The zero-order chi connectivity index (χ0) is 20.6. The number of hydrogen-bond donors (Lipinski definition) is 2. The van der Waals surface area contributed by atoms with Crippen LogP contribution in [-0.4, -0.2) is 47.8 Å². The first kappa shape index (κ1) is 20.6. The summed E-state index contributed by atoms with van der Waals surface area (Å²) in [5, 5.41) is 5.63. The Labute approximate surface area is 170 Å². The normalized spacial score (nSPS) is 15.6. The lowest BCUT2D eigenvalue weighted by molar-refractivity contribution is -0.132. The number of nitrogens with one attached hydrogen (secondary N) is 2. The molecule has 1 saturated heterocycles. The Balaban J connectivity index is 1.38. The van der Waals surface area contributed by atoms with Gasteiger partial charge in [-0.1, -0.05) is 30.3 Å². The van der Waals surface area contributed by atoms with Crippen LogP contribution in [-0.2, 0) is 16.0 Å². The molecule has 3 rings (SSSR count). The number of likely N-dealkylation sites (tertiary alicyclic amines) is 1. The smallest absolute Gasteiger partial charge is 0.255 e. The van der Waals surface area contributed by atoms with E-state index >= 15 is 0 Å². The topological polar surface area (TPSA) is 91.7 Å². The van der Waals surface area contributed by atoms with E-state index in [0.717, 1.165) is 12.0 Å². The van der Waals surface area contributed by atoms with Gasteiger partial charge in [0.05, 0.1) is 11.8 Å². The average Bonchev–Trinajstić information content (AvgIpc) is 3.28. The molecule has 0 saturated carbocycles. The second-order valence-corrected chi connectivity index (χ2v) is 7.36. The molecular weight excluding hydrogens is 370 g/mol. The molecular formula is C22H27N3O4. The van der Waals surface area contributed by atoms with Crippen LogP contribution in [0.2, 0.25) is 0 Å². The molecule has 1 aliphatic heterocycles. The van der Waals surface area contributed by atoms with E-state index in [0.29, 0.717) is 37.9 Å². The Morgan fingerprint density at radius 1 is 1.14 bits per heavy atom. The van der Waals surface area contributed by atoms with Gasteiger partial charge in [-0.15, -0.1) is 0 Å². The lowest BCUT2D eigenvalue weighted by Crippen LogP contribution is -2.51. The SMILES string of the molecule is C[C@@H](NC(=O)c1ccoc1)C(=O)NC1CCN(C(=O)CCc2ccccc2)CC1. The van der Waals surface area contributed by atoms with Crippen LogP contribution in [0.5, 0.6) is 0 Å². The Hall–Kier alpha value is -3.09. The van der Waals surface area contributed by atoms with E-state index in [1.165, 1.54) is 12.5 Å². The number of rotatable bonds is 7. The van der Waals surface area contributed by atoms with Crippen molar-refractivity contribution in [3.05, 3.63) is 60.1 Å². The third-order valence-corrected chi connectivity index (χ3v) is 5.19. The molecule has 0 radical (unpaired) electrons. The number of carbonyl (C=O) groups is 3. The van der Waals surface area contributed by atoms with Crippen molar-refractivity contribution in [2.75, 3.05) is 13.1 Å². The molecule has 0 aliphatic carbocycles. The summed E-state index contributed by atoms with van der Waals surface area (Å²) in [7, 11) is 0. The maximum absolute atomic E-state index is 12.4. The Morgan fingerprint density at radius 3 is 2.52 bits per heavy atom. The summed E-state index contributed by atoms with van der Waals surface area (Å²) in [6.45, 7) is 2.91. The molecule has 1 aromatic carbocycles. The first-order valence-electron chi connectivity index (χ1n) is 9.98. The molecule has 0 spiro atoms. The van der Waals surface area contributed by atoms with Crippen LogP contribution in [0.3, 0.4) is 0 Å². The van der Waals surface area contributed by atoms with E-state index in [1.807, 2.05) is 35.2 Å². The maximum Gasteiger partial charge on any atom is 0.255 e. The van der Waals surface area contributed by atoms with Crippen LogP contribution in [0.1, 0.15) is 42.1 Å². The quantitative estimate of drug-likeness (QED) is 0.749. The maximum atomic E-state index is 12.4. The third-order valence-electron chi connectivity index (χ3n) is 5.19. The van der Waals surface area contributed by atoms with Gasteiger partial charge < -0.3 is 20.0 Å². The number of furan rings is 1. The van der Waals surface area contributed by atoms with E-state index in [4.69, 9.17) is 4.42 Å². The van der Waals surface area contributed by atoms with Crippen LogP contribution in [0, 0.1) is 0 Å². The number of amides is 3. The summed E-state index contributed by atoms with van der Waals surface area (Å²) in [5.41, 5.74) is 1.54. The van der Waals surface area contributed by atoms with Gasteiger partial charge in [-0.2, -0.15) is 0 Å². The number of piperidine rings is 1. The molecule has 1 atom stereocenters. The van der Waals surface area contributed by atoms with E-state index in [2.05, 4.69) is 10.6 Å². The fraction of sp³-hybridized carbons (Fsp3) is 0.409. The summed E-state index contributed by atoms with van der Waals surface area (Å²) in [6, 6.07) is 10.9. The predicted octanol–water partition coefficient (Wildman–Crippen LogP) is 2.14. The average molecular weight is 397 g/mol. The molecule has 2 N–H and O–H groups in total. The van der Waals surface area contributed by atoms with Crippen LogP contribution < -0.4 is 10.6 Å². The first-order valence-corrected chi connectivity index (χ1v) is 9.98. The van der Waals surface area contributed by atoms with Gasteiger partial charge in [0.2, 0.25) is 11.8 Å². The number of nitrogens with zero attached hydrogens (tertiary/aromatic N) is 1. The standard InChI is InChI=1S/C22H27N3O4/c1-16(23-22(28)18-11-14-29-15-18)21(27)24-19-9-12-25(13-10-19)20(26)8-7-17-5-3-2-4-6-17/h2-6,11,14-16,19H,7-10,12-13H2,1H3,(H,23,28)(H,24,27)/t16-/m1/s1. The molecule has 1 aromatic heterocycles. The highest BCUT2D eigenvalue weighted by atomic mass is 16.3. The molecule has 1 fully saturated rings. The summed E-state index contributed by atoms with van der Waals surface area (Å²) < 4.78 is 4.88. The molecule has 2 aromatic rings. The second-order valence-electron chi connectivity index (χ2n) is 7.36. The van der Waals surface area contributed by atoms with E-state index in [9.17, 15) is 14.4 Å². The van der Waals surface area contributed by atoms with Crippen molar-refractivity contribution in [2.24, 2.45) is 0 Å². The third kappa shape index (κ3) is 5.94. The summed E-state index contributed by atoms with van der Waals surface area (Å²) >= 11 is 0. The molecule has 29 heavy (non-hydrogen) atoms. The van der Waals surface area contributed by atoms with Crippen molar-refractivity contribution in [1.29, 1.82) is 0 Å². The van der Waals surface area contributed by atoms with Gasteiger partial charge in [-0.05, 0) is 37.8 Å². The van der Waals surface area contributed by atoms with Crippen molar-refractivity contribution in [1.82, 2.24) is 15.5 Å². The molecule has 0 bridgehead atoms. The van der Waals surface area contributed by atoms with Gasteiger partial charge in [0.25, 0.3) is 5.91 Å². The minimum atomic E-state index is -0.650. The van der Waals surface area contributed by atoms with Gasteiger partial charge >= 0.3 is 0 Å². The monoisotopic (exact) mass is 397 g/mol. The number of carbonyl (C=O) groups excluding carboxylic acids is 3. The predicted molar refractivity (Wildman–Crippen MR) is 108 cm³/mol. The molecule has 1 aliphatic rings.